The number of rotatable bonds is 5. The molecule has 21 heavy (non-hydrogen) atoms. The van der Waals surface area contributed by atoms with Gasteiger partial charge >= 0.3 is 0 Å². The maximum Gasteiger partial charge on any atom is 0.240 e. The molecule has 6 heteroatoms. The van der Waals surface area contributed by atoms with E-state index in [2.05, 4.69) is 9.71 Å². The number of hydrogen-bond donors (Lipinski definition) is 1. The van der Waals surface area contributed by atoms with Crippen LogP contribution in [0.3, 0.4) is 0 Å². The Labute approximate surface area is 124 Å². The van der Waals surface area contributed by atoms with E-state index in [0.717, 1.165) is 17.7 Å². The molecule has 0 radical (unpaired) electrons. The van der Waals surface area contributed by atoms with Crippen molar-refractivity contribution < 1.29 is 8.42 Å². The van der Waals surface area contributed by atoms with Gasteiger partial charge in [0.2, 0.25) is 10.0 Å². The summed E-state index contributed by atoms with van der Waals surface area (Å²) < 4.78 is 26.9. The molecule has 0 amide bonds. The summed E-state index contributed by atoms with van der Waals surface area (Å²) in [5.41, 5.74) is 2.16. The van der Waals surface area contributed by atoms with E-state index in [1.807, 2.05) is 25.1 Å². The summed E-state index contributed by atoms with van der Waals surface area (Å²) in [6, 6.07) is 11.5. The lowest BCUT2D eigenvalue weighted by molar-refractivity contribution is 0.580. The molecule has 0 atom stereocenters. The third-order valence-corrected chi connectivity index (χ3v) is 4.51. The Balaban J connectivity index is 2.16. The van der Waals surface area contributed by atoms with Crippen molar-refractivity contribution >= 4 is 10.0 Å². The molecule has 0 aliphatic rings. The SMILES string of the molecule is CCc1cccnc1CNS(=O)(=O)c1ccc(C#N)cc1. The highest BCUT2D eigenvalue weighted by Gasteiger charge is 2.14. The van der Waals surface area contributed by atoms with Crippen LogP contribution >= 0.6 is 0 Å². The molecule has 1 heterocycles. The second-order valence-electron chi connectivity index (χ2n) is 4.42. The van der Waals surface area contributed by atoms with Crippen LogP contribution in [0.25, 0.3) is 0 Å². The summed E-state index contributed by atoms with van der Waals surface area (Å²) in [6.07, 6.45) is 2.44. The highest BCUT2D eigenvalue weighted by Crippen LogP contribution is 2.12. The van der Waals surface area contributed by atoms with Crippen LogP contribution in [-0.2, 0) is 23.0 Å². The van der Waals surface area contributed by atoms with Crippen LogP contribution in [0.15, 0.2) is 47.5 Å². The largest absolute Gasteiger partial charge is 0.260 e. The number of pyridine rings is 1. The van der Waals surface area contributed by atoms with Crippen LogP contribution < -0.4 is 4.72 Å². The van der Waals surface area contributed by atoms with Gasteiger partial charge in [-0.15, -0.1) is 0 Å². The maximum absolute atomic E-state index is 12.2. The lowest BCUT2D eigenvalue weighted by Crippen LogP contribution is -2.24. The highest BCUT2D eigenvalue weighted by atomic mass is 32.2. The second kappa shape index (κ2) is 6.48. The molecular formula is C15H15N3O2S. The molecule has 2 aromatic rings. The number of aryl methyl sites for hydroxylation is 1. The molecule has 0 aliphatic carbocycles. The van der Waals surface area contributed by atoms with Crippen molar-refractivity contribution in [2.45, 2.75) is 24.8 Å². The van der Waals surface area contributed by atoms with E-state index in [1.165, 1.54) is 24.3 Å². The number of nitriles is 1. The molecule has 0 spiro atoms. The van der Waals surface area contributed by atoms with Crippen LogP contribution in [0.1, 0.15) is 23.7 Å². The average molecular weight is 301 g/mol. The summed E-state index contributed by atoms with van der Waals surface area (Å²) in [4.78, 5) is 4.34. The van der Waals surface area contributed by atoms with E-state index < -0.39 is 10.0 Å². The number of hydrogen-bond acceptors (Lipinski definition) is 4. The first-order valence-electron chi connectivity index (χ1n) is 6.49. The molecule has 0 fully saturated rings. The average Bonchev–Trinajstić information content (AvgIpc) is 2.53. The third-order valence-electron chi connectivity index (χ3n) is 3.09. The number of nitrogens with zero attached hydrogens (tertiary/aromatic N) is 2. The van der Waals surface area contributed by atoms with Crippen LogP contribution in [-0.4, -0.2) is 13.4 Å². The van der Waals surface area contributed by atoms with Crippen molar-refractivity contribution in [3.05, 3.63) is 59.4 Å². The van der Waals surface area contributed by atoms with E-state index in [9.17, 15) is 8.42 Å². The van der Waals surface area contributed by atoms with Gasteiger partial charge in [0.1, 0.15) is 0 Å². The zero-order valence-corrected chi connectivity index (χ0v) is 12.4. The Hall–Kier alpha value is -2.23. The highest BCUT2D eigenvalue weighted by molar-refractivity contribution is 7.89. The van der Waals surface area contributed by atoms with Gasteiger partial charge in [-0.3, -0.25) is 4.98 Å². The van der Waals surface area contributed by atoms with Gasteiger partial charge in [-0.05, 0) is 42.3 Å². The first-order chi connectivity index (χ1) is 10.1. The van der Waals surface area contributed by atoms with Crippen molar-refractivity contribution in [3.63, 3.8) is 0 Å². The fourth-order valence-electron chi connectivity index (χ4n) is 1.91. The van der Waals surface area contributed by atoms with Gasteiger partial charge in [-0.25, -0.2) is 13.1 Å². The quantitative estimate of drug-likeness (QED) is 0.915. The standard InChI is InChI=1S/C15H15N3O2S/c1-2-13-4-3-9-17-15(13)11-18-21(19,20)14-7-5-12(10-16)6-8-14/h3-9,18H,2,11H2,1H3. The van der Waals surface area contributed by atoms with Gasteiger partial charge in [0, 0.05) is 6.20 Å². The number of nitrogens with one attached hydrogen (secondary N) is 1. The van der Waals surface area contributed by atoms with E-state index >= 15 is 0 Å². The Bertz CT molecular complexity index is 762. The fourth-order valence-corrected chi connectivity index (χ4v) is 2.90. The Morgan fingerprint density at radius 2 is 1.95 bits per heavy atom. The Kier molecular flexibility index (Phi) is 4.68. The molecule has 0 saturated heterocycles. The monoisotopic (exact) mass is 301 g/mol. The summed E-state index contributed by atoms with van der Waals surface area (Å²) in [7, 11) is -3.61. The molecule has 5 nitrogen and oxygen atoms in total. The summed E-state index contributed by atoms with van der Waals surface area (Å²) in [6.45, 7) is 2.14. The predicted octanol–water partition coefficient (Wildman–Crippen LogP) is 1.99. The van der Waals surface area contributed by atoms with Crippen molar-refractivity contribution in [3.8, 4) is 6.07 Å². The molecule has 1 N–H and O–H groups in total. The zero-order valence-electron chi connectivity index (χ0n) is 11.6. The number of benzene rings is 1. The van der Waals surface area contributed by atoms with Gasteiger partial charge in [0.15, 0.2) is 0 Å². The molecule has 0 saturated carbocycles. The Morgan fingerprint density at radius 1 is 1.24 bits per heavy atom. The predicted molar refractivity (Wildman–Crippen MR) is 78.8 cm³/mol. The van der Waals surface area contributed by atoms with E-state index in [4.69, 9.17) is 5.26 Å². The van der Waals surface area contributed by atoms with Crippen LogP contribution in [0.2, 0.25) is 0 Å². The number of aromatic nitrogens is 1. The minimum absolute atomic E-state index is 0.135. The summed E-state index contributed by atoms with van der Waals surface area (Å²) in [5.74, 6) is 0. The molecule has 0 aliphatic heterocycles. The van der Waals surface area contributed by atoms with Crippen LogP contribution in [0.5, 0.6) is 0 Å². The van der Waals surface area contributed by atoms with Crippen LogP contribution in [0, 0.1) is 11.3 Å². The van der Waals surface area contributed by atoms with E-state index in [1.54, 1.807) is 6.20 Å². The molecule has 0 unspecified atom stereocenters. The topological polar surface area (TPSA) is 82.8 Å². The van der Waals surface area contributed by atoms with Gasteiger partial charge in [0.05, 0.1) is 28.8 Å². The summed E-state index contributed by atoms with van der Waals surface area (Å²) >= 11 is 0. The molecule has 1 aromatic carbocycles. The van der Waals surface area contributed by atoms with Crippen molar-refractivity contribution in [1.82, 2.24) is 9.71 Å². The first kappa shape index (κ1) is 15.2. The second-order valence-corrected chi connectivity index (χ2v) is 6.19. The van der Waals surface area contributed by atoms with Gasteiger partial charge in [0.25, 0.3) is 0 Å². The Morgan fingerprint density at radius 3 is 2.57 bits per heavy atom. The molecule has 1 aromatic heterocycles. The normalized spacial score (nSPS) is 11.0. The third kappa shape index (κ3) is 3.66. The lowest BCUT2D eigenvalue weighted by Gasteiger charge is -2.09. The molecule has 0 bridgehead atoms. The molecule has 108 valence electrons. The van der Waals surface area contributed by atoms with E-state index in [0.29, 0.717) is 5.56 Å². The maximum atomic E-state index is 12.2. The van der Waals surface area contributed by atoms with Gasteiger partial charge in [-0.1, -0.05) is 13.0 Å². The minimum Gasteiger partial charge on any atom is -0.260 e. The lowest BCUT2D eigenvalue weighted by atomic mass is 10.1. The zero-order chi connectivity index (χ0) is 15.3. The fraction of sp³-hybridized carbons (Fsp3) is 0.200. The van der Waals surface area contributed by atoms with Gasteiger partial charge in [-0.2, -0.15) is 5.26 Å². The molecular weight excluding hydrogens is 286 g/mol. The number of sulfonamides is 1. The molecule has 2 rings (SSSR count). The summed E-state index contributed by atoms with van der Waals surface area (Å²) in [5, 5.41) is 8.72. The van der Waals surface area contributed by atoms with Gasteiger partial charge < -0.3 is 0 Å². The van der Waals surface area contributed by atoms with Crippen LogP contribution in [0.4, 0.5) is 0 Å². The van der Waals surface area contributed by atoms with Crippen molar-refractivity contribution in [2.75, 3.05) is 0 Å². The smallest absolute Gasteiger partial charge is 0.240 e. The van der Waals surface area contributed by atoms with Crippen molar-refractivity contribution in [1.29, 1.82) is 5.26 Å². The first-order valence-corrected chi connectivity index (χ1v) is 7.97. The van der Waals surface area contributed by atoms with Crippen molar-refractivity contribution in [2.24, 2.45) is 0 Å². The van der Waals surface area contributed by atoms with E-state index in [-0.39, 0.29) is 11.4 Å². The minimum atomic E-state index is -3.61.